The first-order chi connectivity index (χ1) is 8.13. The van der Waals surface area contributed by atoms with Crippen LogP contribution in [0.15, 0.2) is 12.2 Å². The molecular weight excluding hydrogens is 224 g/mol. The van der Waals surface area contributed by atoms with Gasteiger partial charge in [0.25, 0.3) is 0 Å². The van der Waals surface area contributed by atoms with Gasteiger partial charge in [0.15, 0.2) is 0 Å². The molecule has 0 aromatic heterocycles. The molecule has 1 aliphatic carbocycles. The van der Waals surface area contributed by atoms with Crippen LogP contribution in [-0.4, -0.2) is 30.9 Å². The van der Waals surface area contributed by atoms with Crippen LogP contribution in [-0.2, 0) is 23.9 Å². The Labute approximate surface area is 98.8 Å². The first-order valence-electron chi connectivity index (χ1n) is 5.63. The van der Waals surface area contributed by atoms with E-state index in [-0.39, 0.29) is 11.7 Å². The zero-order valence-corrected chi connectivity index (χ0v) is 9.55. The molecule has 0 spiro atoms. The Balaban J connectivity index is 2.18. The molecule has 0 saturated heterocycles. The smallest absolute Gasteiger partial charge is 0.331 e. The molecule has 0 N–H and O–H groups in total. The molecule has 0 aromatic carbocycles. The van der Waals surface area contributed by atoms with Crippen molar-refractivity contribution in [2.24, 2.45) is 11.8 Å². The van der Waals surface area contributed by atoms with Gasteiger partial charge >= 0.3 is 11.9 Å². The Morgan fingerprint density at radius 3 is 2.82 bits per heavy atom. The lowest BCUT2D eigenvalue weighted by molar-refractivity contribution is -0.158. The summed E-state index contributed by atoms with van der Waals surface area (Å²) in [5, 5.41) is 0. The summed E-state index contributed by atoms with van der Waals surface area (Å²) in [5.41, 5.74) is 0. The van der Waals surface area contributed by atoms with Crippen LogP contribution in [0.3, 0.4) is 0 Å². The molecule has 5 nitrogen and oxygen atoms in total. The van der Waals surface area contributed by atoms with Crippen LogP contribution in [0.1, 0.15) is 19.3 Å². The van der Waals surface area contributed by atoms with Crippen molar-refractivity contribution in [2.45, 2.75) is 25.4 Å². The van der Waals surface area contributed by atoms with E-state index in [1.807, 2.05) is 0 Å². The van der Waals surface area contributed by atoms with Crippen LogP contribution in [0.5, 0.6) is 0 Å². The van der Waals surface area contributed by atoms with Gasteiger partial charge in [0, 0.05) is 18.4 Å². The van der Waals surface area contributed by atoms with Gasteiger partial charge < -0.3 is 9.47 Å². The summed E-state index contributed by atoms with van der Waals surface area (Å²) in [6.45, 7) is 0. The van der Waals surface area contributed by atoms with Gasteiger partial charge in [0.1, 0.15) is 17.8 Å². The van der Waals surface area contributed by atoms with Gasteiger partial charge in [-0.2, -0.15) is 0 Å². The zero-order chi connectivity index (χ0) is 12.4. The van der Waals surface area contributed by atoms with Crippen LogP contribution in [0.2, 0.25) is 0 Å². The van der Waals surface area contributed by atoms with E-state index in [9.17, 15) is 14.4 Å². The van der Waals surface area contributed by atoms with Gasteiger partial charge in [-0.3, -0.25) is 9.59 Å². The second-order valence-electron chi connectivity index (χ2n) is 4.28. The molecule has 1 heterocycles. The van der Waals surface area contributed by atoms with E-state index >= 15 is 0 Å². The quantitative estimate of drug-likeness (QED) is 0.521. The molecule has 1 fully saturated rings. The van der Waals surface area contributed by atoms with Crippen molar-refractivity contribution in [3.05, 3.63) is 12.2 Å². The monoisotopic (exact) mass is 238 g/mol. The van der Waals surface area contributed by atoms with Gasteiger partial charge in [-0.1, -0.05) is 0 Å². The Kier molecular flexibility index (Phi) is 3.26. The summed E-state index contributed by atoms with van der Waals surface area (Å²) < 4.78 is 9.72. The van der Waals surface area contributed by atoms with E-state index in [0.717, 1.165) is 6.42 Å². The average Bonchev–Trinajstić information content (AvgIpc) is 2.74. The molecule has 1 aliphatic heterocycles. The molecule has 3 unspecified atom stereocenters. The number of ketones is 1. The van der Waals surface area contributed by atoms with Crippen LogP contribution in [0, 0.1) is 11.8 Å². The van der Waals surface area contributed by atoms with E-state index in [4.69, 9.17) is 4.74 Å². The minimum Gasteiger partial charge on any atom is -0.468 e. The predicted octanol–water partition coefficient (Wildman–Crippen LogP) is 0.626. The summed E-state index contributed by atoms with van der Waals surface area (Å²) in [4.78, 5) is 34.4. The van der Waals surface area contributed by atoms with E-state index in [0.29, 0.717) is 12.8 Å². The summed E-state index contributed by atoms with van der Waals surface area (Å²) in [7, 11) is 1.26. The fourth-order valence-corrected chi connectivity index (χ4v) is 2.48. The second kappa shape index (κ2) is 4.69. The molecule has 0 aromatic rings. The molecule has 5 heteroatoms. The van der Waals surface area contributed by atoms with Gasteiger partial charge in [-0.15, -0.1) is 0 Å². The summed E-state index contributed by atoms with van der Waals surface area (Å²) >= 11 is 0. The van der Waals surface area contributed by atoms with E-state index in [1.54, 1.807) is 6.08 Å². The fourth-order valence-electron chi connectivity index (χ4n) is 2.48. The molecule has 0 amide bonds. The average molecular weight is 238 g/mol. The topological polar surface area (TPSA) is 69.7 Å². The third-order valence-electron chi connectivity index (χ3n) is 3.29. The van der Waals surface area contributed by atoms with Crippen molar-refractivity contribution in [3.63, 3.8) is 0 Å². The molecule has 0 radical (unpaired) electrons. The standard InChI is InChI=1S/C12H14O5/c1-16-12(15)11-7(3-2-4-8(11)13)9-5-6-10(14)17-9/h5-7,9,11H,2-4H2,1H3. The third-order valence-corrected chi connectivity index (χ3v) is 3.29. The normalized spacial score (nSPS) is 32.4. The summed E-state index contributed by atoms with van der Waals surface area (Å²) in [5.74, 6) is -2.15. The molecule has 2 aliphatic rings. The molecule has 0 bridgehead atoms. The first kappa shape index (κ1) is 11.8. The highest BCUT2D eigenvalue weighted by atomic mass is 16.5. The van der Waals surface area contributed by atoms with Crippen LogP contribution in [0.25, 0.3) is 0 Å². The Morgan fingerprint density at radius 1 is 1.47 bits per heavy atom. The van der Waals surface area contributed by atoms with Crippen molar-refractivity contribution >= 4 is 17.7 Å². The SMILES string of the molecule is COC(=O)C1C(=O)CCCC1C1C=CC(=O)O1. The number of methoxy groups -OCH3 is 1. The molecular formula is C12H14O5. The Hall–Kier alpha value is -1.65. The minimum atomic E-state index is -0.797. The lowest BCUT2D eigenvalue weighted by Gasteiger charge is -2.31. The number of carbonyl (C=O) groups is 3. The van der Waals surface area contributed by atoms with Crippen molar-refractivity contribution < 1.29 is 23.9 Å². The Bertz CT molecular complexity index is 376. The number of cyclic esters (lactones) is 1. The number of hydrogen-bond donors (Lipinski definition) is 0. The molecule has 2 rings (SSSR count). The highest BCUT2D eigenvalue weighted by Crippen LogP contribution is 2.34. The van der Waals surface area contributed by atoms with Gasteiger partial charge in [0.05, 0.1) is 7.11 Å². The minimum absolute atomic E-state index is 0.121. The highest BCUT2D eigenvalue weighted by molar-refractivity contribution is 6.00. The molecule has 1 saturated carbocycles. The number of esters is 2. The van der Waals surface area contributed by atoms with E-state index in [2.05, 4.69) is 4.74 Å². The maximum Gasteiger partial charge on any atom is 0.331 e. The zero-order valence-electron chi connectivity index (χ0n) is 9.55. The van der Waals surface area contributed by atoms with E-state index in [1.165, 1.54) is 13.2 Å². The predicted molar refractivity (Wildman–Crippen MR) is 56.9 cm³/mol. The van der Waals surface area contributed by atoms with Gasteiger partial charge in [0.2, 0.25) is 0 Å². The molecule has 17 heavy (non-hydrogen) atoms. The van der Waals surface area contributed by atoms with Crippen molar-refractivity contribution in [1.29, 1.82) is 0 Å². The van der Waals surface area contributed by atoms with Gasteiger partial charge in [-0.25, -0.2) is 4.79 Å². The first-order valence-corrected chi connectivity index (χ1v) is 5.63. The third kappa shape index (κ3) is 2.23. The summed E-state index contributed by atoms with van der Waals surface area (Å²) in [6, 6.07) is 0. The number of hydrogen-bond acceptors (Lipinski definition) is 5. The summed E-state index contributed by atoms with van der Waals surface area (Å²) in [6.07, 6.45) is 4.27. The number of ether oxygens (including phenoxy) is 2. The maximum atomic E-state index is 11.8. The number of rotatable bonds is 2. The largest absolute Gasteiger partial charge is 0.468 e. The lowest BCUT2D eigenvalue weighted by Crippen LogP contribution is -2.41. The van der Waals surface area contributed by atoms with Crippen molar-refractivity contribution in [1.82, 2.24) is 0 Å². The van der Waals surface area contributed by atoms with Gasteiger partial charge in [-0.05, 0) is 18.9 Å². The highest BCUT2D eigenvalue weighted by Gasteiger charge is 2.43. The van der Waals surface area contributed by atoms with Crippen molar-refractivity contribution in [3.8, 4) is 0 Å². The lowest BCUT2D eigenvalue weighted by atomic mass is 9.75. The maximum absolute atomic E-state index is 11.8. The Morgan fingerprint density at radius 2 is 2.24 bits per heavy atom. The molecule has 92 valence electrons. The molecule has 3 atom stereocenters. The fraction of sp³-hybridized carbons (Fsp3) is 0.583. The number of carbonyl (C=O) groups excluding carboxylic acids is 3. The second-order valence-corrected chi connectivity index (χ2v) is 4.28. The van der Waals surface area contributed by atoms with Crippen LogP contribution in [0.4, 0.5) is 0 Å². The van der Waals surface area contributed by atoms with Crippen LogP contribution >= 0.6 is 0 Å². The van der Waals surface area contributed by atoms with Crippen LogP contribution < -0.4 is 0 Å². The number of Topliss-reactive ketones (excluding diaryl/α,β-unsaturated/α-hetero) is 1. The van der Waals surface area contributed by atoms with E-state index < -0.39 is 24.0 Å². The van der Waals surface area contributed by atoms with Crippen molar-refractivity contribution in [2.75, 3.05) is 7.11 Å².